The molecule has 218 valence electrons. The van der Waals surface area contributed by atoms with Crippen LogP contribution in [-0.2, 0) is 9.59 Å². The van der Waals surface area contributed by atoms with E-state index in [9.17, 15) is 23.9 Å². The fourth-order valence-electron chi connectivity index (χ4n) is 5.18. The van der Waals surface area contributed by atoms with E-state index in [1.165, 1.54) is 17.0 Å². The Labute approximate surface area is 252 Å². The van der Waals surface area contributed by atoms with E-state index < -0.39 is 29.3 Å². The molecule has 41 heavy (non-hydrogen) atoms. The number of halogens is 2. The van der Waals surface area contributed by atoms with E-state index in [1.807, 2.05) is 64.4 Å². The third-order valence-corrected chi connectivity index (χ3v) is 8.99. The van der Waals surface area contributed by atoms with Gasteiger partial charge in [0.25, 0.3) is 0 Å². The first-order chi connectivity index (χ1) is 19.2. The van der Waals surface area contributed by atoms with Gasteiger partial charge < -0.3 is 15.3 Å². The van der Waals surface area contributed by atoms with Gasteiger partial charge in [-0.25, -0.2) is 9.37 Å². The average molecular weight is 645 g/mol. The van der Waals surface area contributed by atoms with Crippen LogP contribution >= 0.6 is 27.3 Å². The van der Waals surface area contributed by atoms with Crippen LogP contribution in [0, 0.1) is 24.1 Å². The van der Waals surface area contributed by atoms with Crippen LogP contribution in [-0.4, -0.2) is 51.3 Å². The zero-order chi connectivity index (χ0) is 30.1. The van der Waals surface area contributed by atoms with Crippen molar-refractivity contribution in [1.82, 2.24) is 15.2 Å². The fourth-order valence-corrected chi connectivity index (χ4v) is 6.46. The molecule has 7 nitrogen and oxygen atoms in total. The van der Waals surface area contributed by atoms with E-state index in [2.05, 4.69) is 26.2 Å². The maximum absolute atomic E-state index is 13.9. The van der Waals surface area contributed by atoms with E-state index in [0.29, 0.717) is 4.47 Å². The molecule has 0 spiro atoms. The number of aryl methyl sites for hydroxylation is 1. The van der Waals surface area contributed by atoms with Gasteiger partial charge in [0.1, 0.15) is 11.9 Å². The molecule has 0 unspecified atom stereocenters. The Balaban J connectivity index is 1.48. The Kier molecular flexibility index (Phi) is 9.45. The second kappa shape index (κ2) is 12.5. The number of hydrogen-bond donors (Lipinski definition) is 2. The summed E-state index contributed by atoms with van der Waals surface area (Å²) in [7, 11) is 0. The van der Waals surface area contributed by atoms with Crippen LogP contribution in [0.25, 0.3) is 10.4 Å². The van der Waals surface area contributed by atoms with Crippen molar-refractivity contribution < 1.29 is 23.9 Å². The minimum absolute atomic E-state index is 0.000478. The number of rotatable bonds is 8. The van der Waals surface area contributed by atoms with Crippen molar-refractivity contribution in [3.05, 3.63) is 75.1 Å². The van der Waals surface area contributed by atoms with Crippen LogP contribution in [0.2, 0.25) is 0 Å². The normalized spacial score (nSPS) is 18.7. The highest BCUT2D eigenvalue weighted by molar-refractivity contribution is 9.10. The number of carbonyl (C=O) groups is 3. The van der Waals surface area contributed by atoms with E-state index in [1.54, 1.807) is 11.3 Å². The van der Waals surface area contributed by atoms with Crippen LogP contribution in [0.4, 0.5) is 4.39 Å². The number of aliphatic hydroxyl groups excluding tert-OH is 1. The summed E-state index contributed by atoms with van der Waals surface area (Å²) < 4.78 is 14.4. The molecular formula is C31H35BrFN3O4S. The molecule has 0 radical (unpaired) electrons. The highest BCUT2D eigenvalue weighted by Crippen LogP contribution is 2.35. The number of amides is 2. The average Bonchev–Trinajstić information content (AvgIpc) is 3.51. The molecule has 2 amide bonds. The zero-order valence-electron chi connectivity index (χ0n) is 23.8. The number of benzene rings is 2. The lowest BCUT2D eigenvalue weighted by molar-refractivity contribution is -0.144. The molecule has 1 aliphatic heterocycles. The van der Waals surface area contributed by atoms with Gasteiger partial charge in [0, 0.05) is 29.4 Å². The van der Waals surface area contributed by atoms with Crippen molar-refractivity contribution >= 4 is 44.9 Å². The van der Waals surface area contributed by atoms with Crippen molar-refractivity contribution in [1.29, 1.82) is 0 Å². The Bertz CT molecular complexity index is 1420. The topological polar surface area (TPSA) is 99.6 Å². The molecular weight excluding hydrogens is 609 g/mol. The van der Waals surface area contributed by atoms with Crippen molar-refractivity contribution in [2.45, 2.75) is 65.6 Å². The van der Waals surface area contributed by atoms with E-state index >= 15 is 0 Å². The smallest absolute Gasteiger partial charge is 0.243 e. The lowest BCUT2D eigenvalue weighted by atomic mass is 9.76. The maximum Gasteiger partial charge on any atom is 0.243 e. The summed E-state index contributed by atoms with van der Waals surface area (Å²) in [6.45, 7) is 9.39. The van der Waals surface area contributed by atoms with Gasteiger partial charge >= 0.3 is 0 Å². The van der Waals surface area contributed by atoms with Crippen LogP contribution < -0.4 is 5.32 Å². The molecule has 4 rings (SSSR count). The van der Waals surface area contributed by atoms with Gasteiger partial charge in [-0.3, -0.25) is 14.4 Å². The lowest BCUT2D eigenvalue weighted by Gasteiger charge is -2.35. The first-order valence-electron chi connectivity index (χ1n) is 13.5. The number of aromatic nitrogens is 1. The third kappa shape index (κ3) is 7.28. The van der Waals surface area contributed by atoms with Crippen LogP contribution in [0.3, 0.4) is 0 Å². The molecule has 2 heterocycles. The summed E-state index contributed by atoms with van der Waals surface area (Å²) in [4.78, 5) is 47.3. The highest BCUT2D eigenvalue weighted by atomic mass is 79.9. The molecule has 1 aromatic heterocycles. The molecule has 1 fully saturated rings. The predicted octanol–water partition coefficient (Wildman–Crippen LogP) is 6.09. The second-order valence-corrected chi connectivity index (χ2v) is 13.5. The monoisotopic (exact) mass is 643 g/mol. The number of hydrogen-bond acceptors (Lipinski definition) is 6. The van der Waals surface area contributed by atoms with E-state index in [-0.39, 0.29) is 48.6 Å². The summed E-state index contributed by atoms with van der Waals surface area (Å²) in [5.41, 5.74) is 4.27. The van der Waals surface area contributed by atoms with Gasteiger partial charge in [-0.05, 0) is 48.6 Å². The van der Waals surface area contributed by atoms with Crippen LogP contribution in [0.1, 0.15) is 68.2 Å². The van der Waals surface area contributed by atoms with Crippen molar-refractivity contribution in [2.24, 2.45) is 11.3 Å². The predicted molar refractivity (Wildman–Crippen MR) is 161 cm³/mol. The Morgan fingerprint density at radius 2 is 1.88 bits per heavy atom. The number of nitrogens with zero attached hydrogens (tertiary/aromatic N) is 2. The minimum atomic E-state index is -0.873. The number of ketones is 1. The van der Waals surface area contributed by atoms with E-state index in [4.69, 9.17) is 0 Å². The van der Waals surface area contributed by atoms with Crippen molar-refractivity contribution in [2.75, 3.05) is 6.54 Å². The van der Waals surface area contributed by atoms with E-state index in [0.717, 1.165) is 27.8 Å². The maximum atomic E-state index is 13.9. The first kappa shape index (κ1) is 31.0. The molecule has 0 saturated carbocycles. The summed E-state index contributed by atoms with van der Waals surface area (Å²) in [5, 5.41) is 13.5. The molecule has 4 atom stereocenters. The van der Waals surface area contributed by atoms with Crippen LogP contribution in [0.15, 0.2) is 52.4 Å². The van der Waals surface area contributed by atoms with Crippen molar-refractivity contribution in [3.63, 3.8) is 0 Å². The number of β-amino-alcohol motifs (C(OH)–C–C–N with tert-alkyl or cyclic N) is 1. The zero-order valence-corrected chi connectivity index (χ0v) is 26.2. The Hall–Kier alpha value is -2.95. The molecule has 2 N–H and O–H groups in total. The van der Waals surface area contributed by atoms with Crippen LogP contribution in [0.5, 0.6) is 0 Å². The number of carbonyl (C=O) groups excluding carboxylic acids is 3. The quantitative estimate of drug-likeness (QED) is 0.289. The summed E-state index contributed by atoms with van der Waals surface area (Å²) in [5.74, 6) is -2.45. The Morgan fingerprint density at radius 3 is 2.46 bits per heavy atom. The summed E-state index contributed by atoms with van der Waals surface area (Å²) in [6, 6.07) is 10.6. The molecule has 0 aliphatic carbocycles. The van der Waals surface area contributed by atoms with Gasteiger partial charge in [0.15, 0.2) is 5.78 Å². The molecule has 1 saturated heterocycles. The highest BCUT2D eigenvalue weighted by Gasteiger charge is 2.44. The number of Topliss-reactive ketones (excluding diaryl/α,β-unsaturated/α-hetero) is 1. The summed E-state index contributed by atoms with van der Waals surface area (Å²) >= 11 is 4.78. The number of likely N-dealkylation sites (tertiary alicyclic amines) is 1. The number of aliphatic hydroxyl groups is 1. The first-order valence-corrected chi connectivity index (χ1v) is 15.2. The Morgan fingerprint density at radius 1 is 1.20 bits per heavy atom. The van der Waals surface area contributed by atoms with Crippen molar-refractivity contribution in [3.8, 4) is 10.4 Å². The standard InChI is InChI=1S/C31H35BrFN3O4S/c1-17(19-6-8-20(9-7-19)28-18(2)34-16-41-28)35-29(39)26-13-24(37)15-36(26)30(40)25(31(3,4)5)14-27(38)21-10-22(32)12-23(33)11-21/h6-12,16-17,24-26,37H,13-15H2,1-5H3,(H,35,39)/t17-,24+,25+,26-/m0/s1. The SMILES string of the molecule is Cc1ncsc1-c1ccc([C@H](C)NC(=O)[C@@H]2C[C@@H](O)CN2C(=O)[C@@H](CC(=O)c2cc(F)cc(Br)c2)C(C)(C)C)cc1. The number of nitrogens with one attached hydrogen (secondary N) is 1. The fraction of sp³-hybridized carbons (Fsp3) is 0.419. The molecule has 3 aromatic rings. The molecule has 2 aromatic carbocycles. The molecule has 10 heteroatoms. The number of thiazole rings is 1. The minimum Gasteiger partial charge on any atom is -0.391 e. The lowest BCUT2D eigenvalue weighted by Crippen LogP contribution is -2.50. The second-order valence-electron chi connectivity index (χ2n) is 11.7. The molecule has 1 aliphatic rings. The van der Waals surface area contributed by atoms with Gasteiger partial charge in [-0.2, -0.15) is 0 Å². The van der Waals surface area contributed by atoms with Gasteiger partial charge in [-0.1, -0.05) is 61.0 Å². The van der Waals surface area contributed by atoms with Gasteiger partial charge in [0.05, 0.1) is 34.1 Å². The summed E-state index contributed by atoms with van der Waals surface area (Å²) in [6.07, 6.45) is -0.904. The van der Waals surface area contributed by atoms with Gasteiger partial charge in [-0.15, -0.1) is 11.3 Å². The largest absolute Gasteiger partial charge is 0.391 e. The van der Waals surface area contributed by atoms with Gasteiger partial charge in [0.2, 0.25) is 11.8 Å². The molecule has 0 bridgehead atoms. The third-order valence-electron chi connectivity index (χ3n) is 7.56.